The van der Waals surface area contributed by atoms with Crippen LogP contribution in [0.2, 0.25) is 0 Å². The molecule has 0 spiro atoms. The number of carbonyl (C=O) groups is 1. The summed E-state index contributed by atoms with van der Waals surface area (Å²) in [6.07, 6.45) is -4.22. The summed E-state index contributed by atoms with van der Waals surface area (Å²) in [6.45, 7) is -0.378. The number of rotatable bonds is 7. The second-order valence-electron chi connectivity index (χ2n) is 7.44. The summed E-state index contributed by atoms with van der Waals surface area (Å²) < 4.78 is 69.6. The molecule has 3 rings (SSSR count). The van der Waals surface area contributed by atoms with E-state index in [1.165, 1.54) is 18.2 Å². The van der Waals surface area contributed by atoms with Crippen molar-refractivity contribution >= 4 is 5.91 Å². The van der Waals surface area contributed by atoms with E-state index in [4.69, 9.17) is 0 Å². The number of ether oxygens (including phenoxy) is 1. The lowest BCUT2D eigenvalue weighted by Gasteiger charge is -2.26. The summed E-state index contributed by atoms with van der Waals surface area (Å²) in [6, 6.07) is 7.34. The van der Waals surface area contributed by atoms with E-state index in [0.717, 1.165) is 25.1 Å². The van der Waals surface area contributed by atoms with Gasteiger partial charge in [-0.1, -0.05) is 12.1 Å². The van der Waals surface area contributed by atoms with E-state index in [1.54, 1.807) is 0 Å². The molecule has 1 aromatic carbocycles. The van der Waals surface area contributed by atoms with Gasteiger partial charge in [0, 0.05) is 6.07 Å². The van der Waals surface area contributed by atoms with E-state index in [-0.39, 0.29) is 5.88 Å². The Morgan fingerprint density at radius 1 is 1.17 bits per heavy atom. The molecule has 30 heavy (non-hydrogen) atoms. The van der Waals surface area contributed by atoms with E-state index >= 15 is 0 Å². The minimum absolute atomic E-state index is 0.245. The van der Waals surface area contributed by atoms with Gasteiger partial charge in [0.1, 0.15) is 17.2 Å². The van der Waals surface area contributed by atoms with Gasteiger partial charge in [-0.15, -0.1) is 0 Å². The maximum atomic E-state index is 14.0. The lowest BCUT2D eigenvalue weighted by molar-refractivity contribution is -0.154. The molecule has 162 valence electrons. The van der Waals surface area contributed by atoms with Crippen molar-refractivity contribution < 1.29 is 36.6 Å². The topological polar surface area (TPSA) is 71.5 Å². The minimum Gasteiger partial charge on any atom is -0.468 e. The zero-order valence-electron chi connectivity index (χ0n) is 15.9. The summed E-state index contributed by atoms with van der Waals surface area (Å²) >= 11 is 0. The van der Waals surface area contributed by atoms with E-state index in [1.807, 2.05) is 0 Å². The van der Waals surface area contributed by atoms with Crippen LogP contribution in [0, 0.1) is 11.6 Å². The number of nitrogens with zero attached hydrogens (tertiary/aromatic N) is 1. The number of carbonyl (C=O) groups excluding carboxylic acids is 1. The number of amides is 1. The van der Waals surface area contributed by atoms with Crippen LogP contribution in [0.1, 0.15) is 37.4 Å². The van der Waals surface area contributed by atoms with Gasteiger partial charge in [0.2, 0.25) is 11.8 Å². The normalized spacial score (nSPS) is 17.2. The van der Waals surface area contributed by atoms with Gasteiger partial charge >= 0.3 is 6.18 Å². The van der Waals surface area contributed by atoms with Gasteiger partial charge in [0.05, 0.1) is 23.2 Å². The number of benzene rings is 1. The fourth-order valence-corrected chi connectivity index (χ4v) is 3.21. The molecule has 0 aliphatic heterocycles. The fraction of sp³-hybridized carbons (Fsp3) is 0.400. The second kappa shape index (κ2) is 7.82. The van der Waals surface area contributed by atoms with Crippen LogP contribution >= 0.6 is 0 Å². The molecular formula is C20H19F5N2O3. The van der Waals surface area contributed by atoms with Crippen molar-refractivity contribution in [1.29, 1.82) is 0 Å². The largest absolute Gasteiger partial charge is 0.468 e. The number of hydrogen-bond donors (Lipinski definition) is 2. The zero-order valence-corrected chi connectivity index (χ0v) is 15.9. The third-order valence-corrected chi connectivity index (χ3v) is 4.73. The molecule has 1 saturated carbocycles. The number of nitrogens with one attached hydrogen (secondary N) is 1. The van der Waals surface area contributed by atoms with Crippen LogP contribution in [0.25, 0.3) is 0 Å². The number of aliphatic hydroxyl groups is 1. The van der Waals surface area contributed by atoms with Crippen molar-refractivity contribution in [1.82, 2.24) is 10.3 Å². The highest BCUT2D eigenvalue weighted by Gasteiger charge is 2.48. The predicted molar refractivity (Wildman–Crippen MR) is 95.4 cm³/mol. The van der Waals surface area contributed by atoms with E-state index in [0.29, 0.717) is 18.5 Å². The lowest BCUT2D eigenvalue weighted by atomic mass is 9.91. The van der Waals surface area contributed by atoms with Crippen LogP contribution in [-0.4, -0.2) is 28.8 Å². The Bertz CT molecular complexity index is 922. The standard InChI is InChI=1S/C20H19F5N2O3/c1-18(29,17-12(21)4-2-5-13(17)22)10-15(28)27-19(8-9-19)14-6-3-7-16(26-14)30-11-20(23,24)25/h2-7,29H,8-11H2,1H3,(H,27,28). The first kappa shape index (κ1) is 21.9. The Hall–Kier alpha value is -2.75. The Morgan fingerprint density at radius 3 is 2.33 bits per heavy atom. The van der Waals surface area contributed by atoms with Gasteiger partial charge in [-0.3, -0.25) is 4.79 Å². The molecule has 1 aliphatic carbocycles. The zero-order chi connectivity index (χ0) is 22.2. The van der Waals surface area contributed by atoms with Gasteiger partial charge in [-0.25, -0.2) is 13.8 Å². The molecule has 1 fully saturated rings. The fourth-order valence-electron chi connectivity index (χ4n) is 3.21. The van der Waals surface area contributed by atoms with E-state index in [2.05, 4.69) is 15.0 Å². The van der Waals surface area contributed by atoms with Gasteiger partial charge < -0.3 is 15.2 Å². The van der Waals surface area contributed by atoms with Gasteiger partial charge in [-0.2, -0.15) is 13.2 Å². The molecule has 1 heterocycles. The molecule has 1 unspecified atom stereocenters. The van der Waals surface area contributed by atoms with Crippen LogP contribution in [0.4, 0.5) is 22.0 Å². The molecule has 5 nitrogen and oxygen atoms in total. The Kier molecular flexibility index (Phi) is 5.72. The van der Waals surface area contributed by atoms with E-state index < -0.39 is 53.4 Å². The number of pyridine rings is 1. The Morgan fingerprint density at radius 2 is 1.77 bits per heavy atom. The van der Waals surface area contributed by atoms with Crippen molar-refractivity contribution in [3.63, 3.8) is 0 Å². The molecule has 10 heteroatoms. The number of halogens is 5. The first-order chi connectivity index (χ1) is 13.9. The lowest BCUT2D eigenvalue weighted by Crippen LogP contribution is -2.40. The summed E-state index contributed by atoms with van der Waals surface area (Å²) in [5.41, 5.74) is -3.36. The van der Waals surface area contributed by atoms with E-state index in [9.17, 15) is 31.9 Å². The smallest absolute Gasteiger partial charge is 0.422 e. The summed E-state index contributed by atoms with van der Waals surface area (Å²) in [7, 11) is 0. The number of alkyl halides is 3. The third-order valence-electron chi connectivity index (χ3n) is 4.73. The highest BCUT2D eigenvalue weighted by molar-refractivity contribution is 5.78. The number of hydrogen-bond acceptors (Lipinski definition) is 4. The molecule has 1 amide bonds. The molecule has 0 saturated heterocycles. The van der Waals surface area contributed by atoms with Crippen molar-refractivity contribution in [2.45, 2.75) is 43.5 Å². The van der Waals surface area contributed by atoms with Crippen molar-refractivity contribution in [2.75, 3.05) is 6.61 Å². The monoisotopic (exact) mass is 430 g/mol. The highest BCUT2D eigenvalue weighted by atomic mass is 19.4. The van der Waals surface area contributed by atoms with Gasteiger partial charge in [-0.05, 0) is 38.0 Å². The molecule has 1 aromatic heterocycles. The average Bonchev–Trinajstić information content (AvgIpc) is 3.39. The maximum absolute atomic E-state index is 14.0. The quantitative estimate of drug-likeness (QED) is 0.658. The summed E-state index contributed by atoms with van der Waals surface area (Å²) in [4.78, 5) is 16.5. The van der Waals surface area contributed by atoms with Crippen LogP contribution in [-0.2, 0) is 15.9 Å². The predicted octanol–water partition coefficient (Wildman–Crippen LogP) is 3.70. The molecule has 0 bridgehead atoms. The molecule has 1 atom stereocenters. The molecular weight excluding hydrogens is 411 g/mol. The summed E-state index contributed by atoms with van der Waals surface area (Å²) in [5, 5.41) is 13.2. The van der Waals surface area contributed by atoms with Crippen LogP contribution in [0.15, 0.2) is 36.4 Å². The third kappa shape index (κ3) is 5.05. The molecule has 0 radical (unpaired) electrons. The van der Waals surface area contributed by atoms with Gasteiger partial charge in [0.15, 0.2) is 6.61 Å². The van der Waals surface area contributed by atoms with Gasteiger partial charge in [0.25, 0.3) is 0 Å². The molecule has 2 N–H and O–H groups in total. The average molecular weight is 430 g/mol. The maximum Gasteiger partial charge on any atom is 0.422 e. The Labute approximate surface area is 168 Å². The Balaban J connectivity index is 1.71. The first-order valence-corrected chi connectivity index (χ1v) is 9.07. The molecule has 2 aromatic rings. The van der Waals surface area contributed by atoms with Crippen molar-refractivity contribution in [2.24, 2.45) is 0 Å². The minimum atomic E-state index is -4.52. The molecule has 1 aliphatic rings. The van der Waals surface area contributed by atoms with Crippen molar-refractivity contribution in [3.8, 4) is 5.88 Å². The van der Waals surface area contributed by atoms with Crippen LogP contribution < -0.4 is 10.1 Å². The highest BCUT2D eigenvalue weighted by Crippen LogP contribution is 2.45. The second-order valence-corrected chi connectivity index (χ2v) is 7.44. The van der Waals surface area contributed by atoms with Crippen LogP contribution in [0.3, 0.4) is 0 Å². The van der Waals surface area contributed by atoms with Crippen molar-refractivity contribution in [3.05, 3.63) is 59.3 Å². The van der Waals surface area contributed by atoms with Crippen LogP contribution in [0.5, 0.6) is 5.88 Å². The number of aromatic nitrogens is 1. The summed E-state index contributed by atoms with van der Waals surface area (Å²) in [5.74, 6) is -2.90. The first-order valence-electron chi connectivity index (χ1n) is 9.07. The SMILES string of the molecule is CC(O)(CC(=O)NC1(c2cccc(OCC(F)(F)F)n2)CC1)c1c(F)cccc1F.